The average Bonchev–Trinajstić information content (AvgIpc) is 2.91. The Hall–Kier alpha value is -4.18. The number of ether oxygens (including phenoxy) is 1. The topological polar surface area (TPSA) is 137 Å². The molecule has 3 aromatic rings. The first-order chi connectivity index (χ1) is 18.5. The molecule has 206 valence electrons. The highest BCUT2D eigenvalue weighted by Gasteiger charge is 2.21. The Morgan fingerprint density at radius 2 is 1.69 bits per heavy atom. The number of nitrogens with two attached hydrogens (primary N) is 1. The molecule has 3 N–H and O–H groups in total. The Balaban J connectivity index is 1.73. The predicted molar refractivity (Wildman–Crippen MR) is 151 cm³/mol. The van der Waals surface area contributed by atoms with Gasteiger partial charge in [-0.3, -0.25) is 4.79 Å². The van der Waals surface area contributed by atoms with E-state index in [4.69, 9.17) is 15.3 Å². The van der Waals surface area contributed by atoms with E-state index in [1.165, 1.54) is 6.26 Å². The van der Waals surface area contributed by atoms with Gasteiger partial charge in [-0.25, -0.2) is 13.2 Å². The van der Waals surface area contributed by atoms with Gasteiger partial charge >= 0.3 is 5.97 Å². The number of carbonyl (C=O) groups is 2. The second kappa shape index (κ2) is 13.1. The molecule has 39 heavy (non-hydrogen) atoms. The van der Waals surface area contributed by atoms with Crippen molar-refractivity contribution in [3.63, 3.8) is 0 Å². The van der Waals surface area contributed by atoms with Crippen molar-refractivity contribution in [2.75, 3.05) is 11.6 Å². The molecule has 1 unspecified atom stereocenters. The smallest absolute Gasteiger partial charge is 0.337 e. The molecule has 0 aliphatic rings. The van der Waals surface area contributed by atoms with Crippen molar-refractivity contribution in [2.45, 2.75) is 44.6 Å². The van der Waals surface area contributed by atoms with Crippen molar-refractivity contribution in [3.05, 3.63) is 78.4 Å². The van der Waals surface area contributed by atoms with Crippen molar-refractivity contribution in [3.8, 4) is 16.9 Å². The number of hydrogen-bond donors (Lipinski definition) is 2. The summed E-state index contributed by atoms with van der Waals surface area (Å²) in [7, 11) is -3.40. The summed E-state index contributed by atoms with van der Waals surface area (Å²) in [5.74, 6) is -0.772. The van der Waals surface area contributed by atoms with Crippen LogP contribution in [0.2, 0.25) is 0 Å². The molecule has 0 bridgehead atoms. The predicted octanol–water partition coefficient (Wildman–Crippen LogP) is 4.76. The molecule has 0 spiro atoms. The van der Waals surface area contributed by atoms with Crippen LogP contribution in [0, 0.1) is 5.92 Å². The molecule has 0 aliphatic carbocycles. The Labute approximate surface area is 228 Å². The highest BCUT2D eigenvalue weighted by molar-refractivity contribution is 7.90. The van der Waals surface area contributed by atoms with Gasteiger partial charge < -0.3 is 20.6 Å². The SMILES string of the molecule is CCCC(Oc1cccc(/C(N)=N/OC(=O)C(C)C)c1)C(=O)Nc1ccc(-c2ccccc2S(C)(=O)=O)cc1. The monoisotopic (exact) mass is 551 g/mol. The highest BCUT2D eigenvalue weighted by atomic mass is 32.2. The number of anilines is 1. The van der Waals surface area contributed by atoms with Gasteiger partial charge in [-0.05, 0) is 42.3 Å². The minimum atomic E-state index is -3.40. The maximum absolute atomic E-state index is 13.1. The van der Waals surface area contributed by atoms with Gasteiger partial charge in [0.15, 0.2) is 21.8 Å². The molecule has 0 radical (unpaired) electrons. The number of carbonyl (C=O) groups excluding carboxylic acids is 2. The number of nitrogens with one attached hydrogen (secondary N) is 1. The first-order valence-corrected chi connectivity index (χ1v) is 14.4. The van der Waals surface area contributed by atoms with Crippen molar-refractivity contribution in [1.29, 1.82) is 0 Å². The second-order valence-corrected chi connectivity index (χ2v) is 11.3. The first-order valence-electron chi connectivity index (χ1n) is 12.5. The van der Waals surface area contributed by atoms with Crippen LogP contribution in [-0.2, 0) is 24.3 Å². The summed E-state index contributed by atoms with van der Waals surface area (Å²) in [5.41, 5.74) is 8.28. The van der Waals surface area contributed by atoms with E-state index in [0.717, 1.165) is 0 Å². The van der Waals surface area contributed by atoms with Crippen LogP contribution < -0.4 is 15.8 Å². The summed E-state index contributed by atoms with van der Waals surface area (Å²) in [5, 5.41) is 6.55. The molecule has 9 nitrogen and oxygen atoms in total. The number of sulfone groups is 1. The van der Waals surface area contributed by atoms with Crippen molar-refractivity contribution < 1.29 is 27.6 Å². The zero-order chi connectivity index (χ0) is 28.6. The van der Waals surface area contributed by atoms with E-state index in [-0.39, 0.29) is 22.6 Å². The molecule has 0 fully saturated rings. The van der Waals surface area contributed by atoms with Crippen LogP contribution in [0.4, 0.5) is 5.69 Å². The van der Waals surface area contributed by atoms with Crippen LogP contribution in [0.15, 0.2) is 82.8 Å². The second-order valence-electron chi connectivity index (χ2n) is 9.30. The van der Waals surface area contributed by atoms with Gasteiger partial charge in [-0.15, -0.1) is 0 Å². The third kappa shape index (κ3) is 8.15. The van der Waals surface area contributed by atoms with Crippen LogP contribution in [0.3, 0.4) is 0 Å². The number of benzene rings is 3. The summed E-state index contributed by atoms with van der Waals surface area (Å²) in [4.78, 5) is 29.8. The largest absolute Gasteiger partial charge is 0.481 e. The van der Waals surface area contributed by atoms with E-state index in [1.54, 1.807) is 86.6 Å². The fourth-order valence-corrected chi connectivity index (χ4v) is 4.55. The minimum Gasteiger partial charge on any atom is -0.481 e. The summed E-state index contributed by atoms with van der Waals surface area (Å²) in [6.07, 6.45) is 1.55. The highest BCUT2D eigenvalue weighted by Crippen LogP contribution is 2.28. The average molecular weight is 552 g/mol. The number of nitrogens with zero attached hydrogens (tertiary/aromatic N) is 1. The number of oxime groups is 1. The molecule has 3 rings (SSSR count). The zero-order valence-corrected chi connectivity index (χ0v) is 23.2. The van der Waals surface area contributed by atoms with E-state index in [1.807, 2.05) is 6.92 Å². The molecule has 0 aliphatic heterocycles. The van der Waals surface area contributed by atoms with Gasteiger partial charge in [0.05, 0.1) is 10.8 Å². The lowest BCUT2D eigenvalue weighted by atomic mass is 10.1. The molecule has 10 heteroatoms. The molecule has 1 atom stereocenters. The zero-order valence-electron chi connectivity index (χ0n) is 22.4. The van der Waals surface area contributed by atoms with Crippen LogP contribution in [0.5, 0.6) is 5.75 Å². The third-order valence-electron chi connectivity index (χ3n) is 5.71. The molecule has 0 heterocycles. The van der Waals surface area contributed by atoms with Gasteiger partial charge in [0, 0.05) is 23.1 Å². The summed E-state index contributed by atoms with van der Waals surface area (Å²) >= 11 is 0. The lowest BCUT2D eigenvalue weighted by Crippen LogP contribution is -2.33. The number of hydrogen-bond acceptors (Lipinski definition) is 7. The third-order valence-corrected chi connectivity index (χ3v) is 6.86. The molecule has 3 aromatic carbocycles. The van der Waals surface area contributed by atoms with Crippen LogP contribution in [0.25, 0.3) is 11.1 Å². The summed E-state index contributed by atoms with van der Waals surface area (Å²) in [6, 6.07) is 20.4. The summed E-state index contributed by atoms with van der Waals surface area (Å²) in [6.45, 7) is 5.32. The maximum Gasteiger partial charge on any atom is 0.337 e. The van der Waals surface area contributed by atoms with E-state index < -0.39 is 21.9 Å². The molecule has 1 amide bonds. The Bertz CT molecular complexity index is 1450. The lowest BCUT2D eigenvalue weighted by molar-refractivity contribution is -0.147. The standard InChI is InChI=1S/C29H33N3O6S/c1-5-9-25(37-23-11-8-10-21(18-23)27(30)32-38-29(34)19(2)3)28(33)31-22-16-14-20(15-17-22)24-12-6-7-13-26(24)39(4,35)36/h6-8,10-19,25H,5,9H2,1-4H3,(H2,30,32)(H,31,33). The molecular formula is C29H33N3O6S. The lowest BCUT2D eigenvalue weighted by Gasteiger charge is -2.19. The number of amidine groups is 1. The fourth-order valence-electron chi connectivity index (χ4n) is 3.64. The van der Waals surface area contributed by atoms with Crippen molar-refractivity contribution >= 4 is 33.2 Å². The minimum absolute atomic E-state index is 0.00322. The van der Waals surface area contributed by atoms with E-state index in [9.17, 15) is 18.0 Å². The number of amides is 1. The van der Waals surface area contributed by atoms with Crippen LogP contribution >= 0.6 is 0 Å². The van der Waals surface area contributed by atoms with Gasteiger partial charge in [0.25, 0.3) is 5.91 Å². The van der Waals surface area contributed by atoms with Gasteiger partial charge in [0.2, 0.25) is 0 Å². The fraction of sp³-hybridized carbons (Fsp3) is 0.276. The number of rotatable bonds is 11. The van der Waals surface area contributed by atoms with Crippen LogP contribution in [-0.4, -0.2) is 38.5 Å². The van der Waals surface area contributed by atoms with Crippen molar-refractivity contribution in [2.24, 2.45) is 16.8 Å². The molecular weight excluding hydrogens is 518 g/mol. The Kier molecular flexibility index (Phi) is 9.84. The van der Waals surface area contributed by atoms with E-state index >= 15 is 0 Å². The van der Waals surface area contributed by atoms with Crippen molar-refractivity contribution in [1.82, 2.24) is 0 Å². The first kappa shape index (κ1) is 29.4. The van der Waals surface area contributed by atoms with Gasteiger partial charge in [0.1, 0.15) is 5.75 Å². The Morgan fingerprint density at radius 3 is 2.33 bits per heavy atom. The van der Waals surface area contributed by atoms with Crippen LogP contribution in [0.1, 0.15) is 39.2 Å². The van der Waals surface area contributed by atoms with Gasteiger partial charge in [-0.2, -0.15) is 0 Å². The molecule has 0 saturated heterocycles. The summed E-state index contributed by atoms with van der Waals surface area (Å²) < 4.78 is 30.3. The Morgan fingerprint density at radius 1 is 1.00 bits per heavy atom. The van der Waals surface area contributed by atoms with E-state index in [0.29, 0.717) is 41.0 Å². The molecule has 0 aromatic heterocycles. The quantitative estimate of drug-likeness (QED) is 0.152. The normalized spacial score (nSPS) is 12.6. The van der Waals surface area contributed by atoms with E-state index in [2.05, 4.69) is 10.5 Å². The maximum atomic E-state index is 13.1. The molecule has 0 saturated carbocycles. The van der Waals surface area contributed by atoms with Gasteiger partial charge in [-0.1, -0.05) is 74.8 Å².